The molecule has 0 spiro atoms. The molecule has 2 aliphatic heterocycles. The van der Waals surface area contributed by atoms with E-state index >= 15 is 0 Å². The number of nitrogens with zero attached hydrogens (tertiary/aromatic N) is 2. The van der Waals surface area contributed by atoms with Crippen LogP contribution in [0.1, 0.15) is 25.3 Å². The van der Waals surface area contributed by atoms with Gasteiger partial charge in [-0.15, -0.1) is 0 Å². The molecule has 47 heavy (non-hydrogen) atoms. The van der Waals surface area contributed by atoms with Gasteiger partial charge in [0.05, 0.1) is 48.8 Å². The van der Waals surface area contributed by atoms with Crippen LogP contribution in [0.25, 0.3) is 6.08 Å². The predicted molar refractivity (Wildman–Crippen MR) is 184 cm³/mol. The van der Waals surface area contributed by atoms with Gasteiger partial charge in [-0.05, 0) is 102 Å². The molecule has 2 heterocycles. The lowest BCUT2D eigenvalue weighted by atomic mass is 9.52. The van der Waals surface area contributed by atoms with Crippen molar-refractivity contribution in [1.82, 2.24) is 0 Å². The Hall–Kier alpha value is -4.45. The lowest BCUT2D eigenvalue weighted by molar-refractivity contribution is -0.132. The number of amides is 4. The van der Waals surface area contributed by atoms with E-state index in [9.17, 15) is 24.3 Å². The zero-order valence-corrected chi connectivity index (χ0v) is 28.2. The maximum atomic E-state index is 14.5. The van der Waals surface area contributed by atoms with E-state index in [2.05, 4.69) is 22.6 Å². The highest BCUT2D eigenvalue weighted by atomic mass is 127. The molecule has 3 fully saturated rings. The van der Waals surface area contributed by atoms with Crippen LogP contribution in [-0.2, 0) is 19.2 Å². The van der Waals surface area contributed by atoms with Gasteiger partial charge in [-0.1, -0.05) is 42.0 Å². The number of anilines is 2. The Morgan fingerprint density at radius 3 is 2.13 bits per heavy atom. The molecule has 4 amide bonds. The SMILES string of the molecule is COc1cc(C=CC2C3=CCC4C(=O)N(c5ccc(I)cc5)C(=O)C4C3CC3C(=O)N(c4ccccc4)C(=O)C23C)cc(OC)c1O. The van der Waals surface area contributed by atoms with Gasteiger partial charge in [-0.2, -0.15) is 0 Å². The highest BCUT2D eigenvalue weighted by Gasteiger charge is 2.66. The summed E-state index contributed by atoms with van der Waals surface area (Å²) in [5, 5.41) is 10.5. The minimum atomic E-state index is -1.15. The standard InChI is InChI=1S/C37H33IN2O7/c1-37-27(16-9-20-17-29(46-2)32(41)30(18-20)47-3)24-14-15-25-31(35(44)39(33(25)42)23-12-10-21(38)11-13-23)26(24)19-28(37)34(43)40(36(37)45)22-7-5-4-6-8-22/h4-14,16-18,25-28,31,41H,15,19H2,1-3H3. The van der Waals surface area contributed by atoms with Gasteiger partial charge in [0, 0.05) is 9.49 Å². The Morgan fingerprint density at radius 2 is 1.49 bits per heavy atom. The lowest BCUT2D eigenvalue weighted by Gasteiger charge is -2.47. The molecule has 3 aromatic rings. The van der Waals surface area contributed by atoms with Crippen LogP contribution >= 0.6 is 22.6 Å². The van der Waals surface area contributed by atoms with E-state index in [0.29, 0.717) is 23.4 Å². The van der Waals surface area contributed by atoms with Crippen molar-refractivity contribution in [2.75, 3.05) is 24.0 Å². The fourth-order valence-corrected chi connectivity index (χ4v) is 8.46. The average molecular weight is 745 g/mol. The number of allylic oxidation sites excluding steroid dienone is 3. The number of halogens is 1. The van der Waals surface area contributed by atoms with Crippen LogP contribution in [0, 0.1) is 38.6 Å². The highest BCUT2D eigenvalue weighted by Crippen LogP contribution is 2.61. The van der Waals surface area contributed by atoms with Crippen molar-refractivity contribution < 1.29 is 33.8 Å². The molecule has 0 aromatic heterocycles. The van der Waals surface area contributed by atoms with Gasteiger partial charge in [0.15, 0.2) is 11.5 Å². The maximum absolute atomic E-state index is 14.5. The number of aromatic hydroxyl groups is 1. The summed E-state index contributed by atoms with van der Waals surface area (Å²) in [7, 11) is 2.89. The maximum Gasteiger partial charge on any atom is 0.241 e. The molecule has 1 N–H and O–H groups in total. The first kappa shape index (κ1) is 31.2. The van der Waals surface area contributed by atoms with Crippen LogP contribution in [-0.4, -0.2) is 43.0 Å². The average Bonchev–Trinajstić information content (AvgIpc) is 3.45. The Bertz CT molecular complexity index is 1850. The number of phenols is 1. The summed E-state index contributed by atoms with van der Waals surface area (Å²) in [6.07, 6.45) is 6.40. The third-order valence-electron chi connectivity index (χ3n) is 10.4. The van der Waals surface area contributed by atoms with E-state index in [1.54, 1.807) is 48.5 Å². The number of fused-ring (bicyclic) bond motifs is 4. The number of imide groups is 2. The van der Waals surface area contributed by atoms with Crippen LogP contribution in [0.5, 0.6) is 17.2 Å². The Morgan fingerprint density at radius 1 is 0.851 bits per heavy atom. The molecule has 6 unspecified atom stereocenters. The van der Waals surface area contributed by atoms with Crippen molar-refractivity contribution >= 4 is 63.7 Å². The van der Waals surface area contributed by atoms with Crippen molar-refractivity contribution in [3.8, 4) is 17.2 Å². The van der Waals surface area contributed by atoms with E-state index in [0.717, 1.165) is 9.14 Å². The Labute approximate surface area is 286 Å². The molecule has 2 aliphatic carbocycles. The third kappa shape index (κ3) is 4.70. The summed E-state index contributed by atoms with van der Waals surface area (Å²) in [4.78, 5) is 59.3. The summed E-state index contributed by atoms with van der Waals surface area (Å²) >= 11 is 2.18. The molecule has 9 nitrogen and oxygen atoms in total. The normalized spacial score (nSPS) is 28.3. The first-order valence-electron chi connectivity index (χ1n) is 15.5. The lowest BCUT2D eigenvalue weighted by Crippen LogP contribution is -2.49. The van der Waals surface area contributed by atoms with Crippen LogP contribution < -0.4 is 19.3 Å². The molecule has 0 radical (unpaired) electrons. The van der Waals surface area contributed by atoms with Crippen molar-refractivity contribution in [2.24, 2.45) is 35.0 Å². The van der Waals surface area contributed by atoms with Crippen LogP contribution in [0.15, 0.2) is 84.5 Å². The number of carbonyl (C=O) groups is 4. The van der Waals surface area contributed by atoms with E-state index in [-0.39, 0.29) is 47.3 Å². The first-order chi connectivity index (χ1) is 22.6. The van der Waals surface area contributed by atoms with Crippen molar-refractivity contribution in [1.29, 1.82) is 0 Å². The molecule has 3 aromatic carbocycles. The molecular weight excluding hydrogens is 711 g/mol. The quantitative estimate of drug-likeness (QED) is 0.187. The smallest absolute Gasteiger partial charge is 0.241 e. The number of methoxy groups -OCH3 is 2. The molecule has 240 valence electrons. The van der Waals surface area contributed by atoms with Crippen molar-refractivity contribution in [3.63, 3.8) is 0 Å². The van der Waals surface area contributed by atoms with Gasteiger partial charge in [-0.3, -0.25) is 24.1 Å². The van der Waals surface area contributed by atoms with Crippen molar-refractivity contribution in [3.05, 3.63) is 93.6 Å². The van der Waals surface area contributed by atoms with E-state index in [1.807, 2.05) is 43.4 Å². The molecule has 1 saturated carbocycles. The van der Waals surface area contributed by atoms with Gasteiger partial charge < -0.3 is 14.6 Å². The minimum absolute atomic E-state index is 0.130. The van der Waals surface area contributed by atoms with Crippen LogP contribution in [0.3, 0.4) is 0 Å². The largest absolute Gasteiger partial charge is 0.502 e. The number of para-hydroxylation sites is 1. The zero-order valence-electron chi connectivity index (χ0n) is 26.1. The predicted octanol–water partition coefficient (Wildman–Crippen LogP) is 6.00. The van der Waals surface area contributed by atoms with Crippen molar-refractivity contribution in [2.45, 2.75) is 19.8 Å². The molecule has 10 heteroatoms. The number of hydrogen-bond donors (Lipinski definition) is 1. The highest BCUT2D eigenvalue weighted by molar-refractivity contribution is 14.1. The molecule has 7 rings (SSSR count). The summed E-state index contributed by atoms with van der Waals surface area (Å²) in [5.41, 5.74) is 1.43. The van der Waals surface area contributed by atoms with Gasteiger partial charge >= 0.3 is 0 Å². The second kappa shape index (κ2) is 11.7. The van der Waals surface area contributed by atoms with Gasteiger partial charge in [0.2, 0.25) is 29.4 Å². The third-order valence-corrected chi connectivity index (χ3v) is 11.1. The van der Waals surface area contributed by atoms with Gasteiger partial charge in [0.25, 0.3) is 0 Å². The Balaban J connectivity index is 1.34. The number of hydrogen-bond acceptors (Lipinski definition) is 7. The monoisotopic (exact) mass is 744 g/mol. The second-order valence-corrected chi connectivity index (χ2v) is 13.9. The summed E-state index contributed by atoms with van der Waals surface area (Å²) in [6, 6.07) is 19.5. The summed E-state index contributed by atoms with van der Waals surface area (Å²) in [5.74, 6) is -3.68. The summed E-state index contributed by atoms with van der Waals surface area (Å²) in [6.45, 7) is 1.84. The zero-order chi connectivity index (χ0) is 33.2. The number of carbonyl (C=O) groups excluding carboxylic acids is 4. The number of ether oxygens (including phenoxy) is 2. The number of rotatable bonds is 6. The Kier molecular flexibility index (Phi) is 7.73. The van der Waals surface area contributed by atoms with Crippen LogP contribution in [0.4, 0.5) is 11.4 Å². The first-order valence-corrected chi connectivity index (χ1v) is 16.6. The van der Waals surface area contributed by atoms with Gasteiger partial charge in [-0.25, -0.2) is 4.90 Å². The second-order valence-electron chi connectivity index (χ2n) is 12.7. The molecule has 2 saturated heterocycles. The number of benzene rings is 3. The van der Waals surface area contributed by atoms with E-state index in [1.165, 1.54) is 24.0 Å². The molecular formula is C37H33IN2O7. The molecule has 4 aliphatic rings. The van der Waals surface area contributed by atoms with Gasteiger partial charge in [0.1, 0.15) is 0 Å². The van der Waals surface area contributed by atoms with E-state index < -0.39 is 35.0 Å². The molecule has 0 bridgehead atoms. The number of phenolic OH excluding ortho intramolecular Hbond substituents is 1. The minimum Gasteiger partial charge on any atom is -0.502 e. The summed E-state index contributed by atoms with van der Waals surface area (Å²) < 4.78 is 11.7. The topological polar surface area (TPSA) is 113 Å². The molecule has 6 atom stereocenters. The van der Waals surface area contributed by atoms with Crippen LogP contribution in [0.2, 0.25) is 0 Å². The fraction of sp³-hybridized carbons (Fsp3) is 0.297. The van der Waals surface area contributed by atoms with E-state index in [4.69, 9.17) is 9.47 Å². The fourth-order valence-electron chi connectivity index (χ4n) is 8.10.